The van der Waals surface area contributed by atoms with Gasteiger partial charge in [-0.3, -0.25) is 4.79 Å². The molecule has 20 heavy (non-hydrogen) atoms. The lowest BCUT2D eigenvalue weighted by Gasteiger charge is -2.01. The van der Waals surface area contributed by atoms with E-state index in [1.165, 1.54) is 0 Å². The molecule has 1 aromatic heterocycles. The van der Waals surface area contributed by atoms with Gasteiger partial charge < -0.3 is 10.1 Å². The summed E-state index contributed by atoms with van der Waals surface area (Å²) in [5.74, 6) is 0.0988. The molecule has 0 aliphatic carbocycles. The number of rotatable bonds is 2. The molecule has 0 saturated carbocycles. The van der Waals surface area contributed by atoms with Crippen molar-refractivity contribution in [2.24, 2.45) is 0 Å². The van der Waals surface area contributed by atoms with Gasteiger partial charge in [0, 0.05) is 9.86 Å². The summed E-state index contributed by atoms with van der Waals surface area (Å²) in [6, 6.07) is 15.2. The predicted molar refractivity (Wildman–Crippen MR) is 77.8 cm³/mol. The van der Waals surface area contributed by atoms with Crippen LogP contribution in [0.25, 0.3) is 10.9 Å². The fraction of sp³-hybridized carbons (Fsp3) is 0. The van der Waals surface area contributed by atoms with E-state index >= 15 is 0 Å². The van der Waals surface area contributed by atoms with Gasteiger partial charge in [-0.15, -0.1) is 0 Å². The minimum Gasteiger partial charge on any atom is -0.503 e. The number of hydrogen-bond donors (Lipinski definition) is 2. The summed E-state index contributed by atoms with van der Waals surface area (Å²) >= 11 is 2.67. The lowest BCUT2D eigenvalue weighted by atomic mass is 10.2. The van der Waals surface area contributed by atoms with E-state index in [2.05, 4.69) is 20.9 Å². The standard InChI is InChI=1S/C15H9BrINO2/c16-9-6-7-12-11(8-9)14(19)13(15(20)18-12)17-10-4-2-1-3-5-10/h1-8H,(H-,18,19,20)/p+1. The van der Waals surface area contributed by atoms with E-state index in [4.69, 9.17) is 0 Å². The number of nitrogens with one attached hydrogen (secondary N) is 1. The van der Waals surface area contributed by atoms with Crippen molar-refractivity contribution in [1.29, 1.82) is 0 Å². The smallest absolute Gasteiger partial charge is 0.368 e. The first-order chi connectivity index (χ1) is 9.65. The Balaban J connectivity index is 2.18. The summed E-state index contributed by atoms with van der Waals surface area (Å²) < 4.78 is 2.47. The predicted octanol–water partition coefficient (Wildman–Crippen LogP) is 0.125. The minimum atomic E-state index is -0.709. The van der Waals surface area contributed by atoms with Crippen LogP contribution in [0.2, 0.25) is 0 Å². The molecule has 3 nitrogen and oxygen atoms in total. The van der Waals surface area contributed by atoms with Crippen molar-refractivity contribution in [3.05, 3.63) is 70.5 Å². The molecule has 0 bridgehead atoms. The van der Waals surface area contributed by atoms with Gasteiger partial charge in [-0.2, -0.15) is 0 Å². The average molecular weight is 443 g/mol. The fourth-order valence-corrected chi connectivity index (χ4v) is 4.58. The van der Waals surface area contributed by atoms with Gasteiger partial charge in [0.25, 0.3) is 0 Å². The summed E-state index contributed by atoms with van der Waals surface area (Å²) in [6.45, 7) is 0. The normalized spacial score (nSPS) is 10.8. The Bertz CT molecular complexity index is 830. The zero-order valence-electron chi connectivity index (χ0n) is 10.2. The number of aromatic amines is 1. The molecular formula is C15H10BrINO2+. The highest BCUT2D eigenvalue weighted by atomic mass is 127. The Morgan fingerprint density at radius 3 is 2.60 bits per heavy atom. The number of hydrogen-bond acceptors (Lipinski definition) is 2. The number of halogens is 2. The zero-order valence-corrected chi connectivity index (χ0v) is 14.0. The molecule has 0 unspecified atom stereocenters. The molecule has 0 atom stereocenters. The molecule has 3 rings (SSSR count). The van der Waals surface area contributed by atoms with E-state index in [1.807, 2.05) is 42.5 Å². The van der Waals surface area contributed by atoms with Crippen molar-refractivity contribution in [3.63, 3.8) is 0 Å². The molecule has 0 radical (unpaired) electrons. The van der Waals surface area contributed by atoms with E-state index in [0.29, 0.717) is 14.5 Å². The second-order valence-electron chi connectivity index (χ2n) is 4.20. The summed E-state index contributed by atoms with van der Waals surface area (Å²) in [6.07, 6.45) is 0. The van der Waals surface area contributed by atoms with Crippen LogP contribution in [0.3, 0.4) is 0 Å². The van der Waals surface area contributed by atoms with E-state index in [9.17, 15) is 9.90 Å². The van der Waals surface area contributed by atoms with Gasteiger partial charge >= 0.3 is 30.3 Å². The van der Waals surface area contributed by atoms with Gasteiger partial charge in [-0.1, -0.05) is 34.1 Å². The summed E-state index contributed by atoms with van der Waals surface area (Å²) in [5.41, 5.74) is 0.450. The van der Waals surface area contributed by atoms with Gasteiger partial charge in [0.05, 0.1) is 5.52 Å². The SMILES string of the molecule is O=c1[nH]c2ccc(Br)cc2c(O)c1[I+]c1ccccc1. The van der Waals surface area contributed by atoms with Crippen LogP contribution in [0.15, 0.2) is 57.8 Å². The summed E-state index contributed by atoms with van der Waals surface area (Å²) in [7, 11) is 0. The highest BCUT2D eigenvalue weighted by Crippen LogP contribution is 2.24. The minimum absolute atomic E-state index is 0.0988. The maximum absolute atomic E-state index is 12.1. The number of fused-ring (bicyclic) bond motifs is 1. The maximum Gasteiger partial charge on any atom is 0.368 e. The number of aromatic nitrogens is 1. The molecular weight excluding hydrogens is 433 g/mol. The number of aromatic hydroxyl groups is 1. The molecule has 2 aromatic carbocycles. The van der Waals surface area contributed by atoms with Crippen LogP contribution in [-0.2, 0) is 0 Å². The van der Waals surface area contributed by atoms with Crippen LogP contribution in [0.1, 0.15) is 0 Å². The molecule has 0 saturated heterocycles. The molecule has 5 heteroatoms. The number of pyridine rings is 1. The third-order valence-electron chi connectivity index (χ3n) is 2.83. The number of H-pyrrole nitrogens is 1. The second kappa shape index (κ2) is 5.57. The maximum atomic E-state index is 12.1. The first-order valence-electron chi connectivity index (χ1n) is 5.89. The Kier molecular flexibility index (Phi) is 3.80. The van der Waals surface area contributed by atoms with Crippen LogP contribution in [0.4, 0.5) is 0 Å². The molecule has 3 aromatic rings. The Morgan fingerprint density at radius 2 is 1.85 bits per heavy atom. The molecule has 0 aliphatic heterocycles. The van der Waals surface area contributed by atoms with E-state index in [0.717, 1.165) is 8.04 Å². The highest BCUT2D eigenvalue weighted by molar-refractivity contribution is 9.10. The molecule has 2 N–H and O–H groups in total. The van der Waals surface area contributed by atoms with Gasteiger partial charge in [-0.25, -0.2) is 0 Å². The third-order valence-corrected chi connectivity index (χ3v) is 6.20. The van der Waals surface area contributed by atoms with Crippen molar-refractivity contribution in [1.82, 2.24) is 4.98 Å². The largest absolute Gasteiger partial charge is 0.503 e. The van der Waals surface area contributed by atoms with Gasteiger partial charge in [0.1, 0.15) is 0 Å². The summed E-state index contributed by atoms with van der Waals surface area (Å²) in [5, 5.41) is 11.1. The monoisotopic (exact) mass is 442 g/mol. The first-order valence-corrected chi connectivity index (χ1v) is 8.84. The molecule has 0 fully saturated rings. The Labute approximate surface area is 134 Å². The lowest BCUT2D eigenvalue weighted by Crippen LogP contribution is -3.62. The van der Waals surface area contributed by atoms with Gasteiger partial charge in [0.2, 0.25) is 0 Å². The number of benzene rings is 2. The fourth-order valence-electron chi connectivity index (χ4n) is 1.90. The molecule has 1 heterocycles. The van der Waals surface area contributed by atoms with Crippen LogP contribution in [-0.4, -0.2) is 10.1 Å². The van der Waals surface area contributed by atoms with Gasteiger partial charge in [-0.05, 0) is 30.3 Å². The molecule has 0 aliphatic rings. The van der Waals surface area contributed by atoms with Crippen LogP contribution < -0.4 is 26.8 Å². The second-order valence-corrected chi connectivity index (χ2v) is 7.98. The van der Waals surface area contributed by atoms with Crippen molar-refractivity contribution in [2.75, 3.05) is 0 Å². The quantitative estimate of drug-likeness (QED) is 0.554. The lowest BCUT2D eigenvalue weighted by molar-refractivity contribution is -0.599. The van der Waals surface area contributed by atoms with Crippen LogP contribution in [0, 0.1) is 7.14 Å². The van der Waals surface area contributed by atoms with Crippen LogP contribution >= 0.6 is 15.9 Å². The van der Waals surface area contributed by atoms with E-state index in [-0.39, 0.29) is 11.3 Å². The van der Waals surface area contributed by atoms with E-state index in [1.54, 1.807) is 6.07 Å². The summed E-state index contributed by atoms with van der Waals surface area (Å²) in [4.78, 5) is 15.0. The van der Waals surface area contributed by atoms with Crippen molar-refractivity contribution in [2.45, 2.75) is 0 Å². The van der Waals surface area contributed by atoms with Crippen molar-refractivity contribution < 1.29 is 26.3 Å². The molecule has 0 spiro atoms. The third kappa shape index (κ3) is 2.60. The van der Waals surface area contributed by atoms with Gasteiger partial charge in [0.15, 0.2) is 9.32 Å². The molecule has 100 valence electrons. The topological polar surface area (TPSA) is 53.1 Å². The molecule has 0 amide bonds. The zero-order chi connectivity index (χ0) is 14.1. The van der Waals surface area contributed by atoms with Crippen molar-refractivity contribution >= 4 is 26.8 Å². The first kappa shape index (κ1) is 13.6. The Hall–Kier alpha value is -1.34. The van der Waals surface area contributed by atoms with Crippen molar-refractivity contribution in [3.8, 4) is 5.75 Å². The van der Waals surface area contributed by atoms with E-state index < -0.39 is 21.2 Å². The van der Waals surface area contributed by atoms with Crippen LogP contribution in [0.5, 0.6) is 5.75 Å². The average Bonchev–Trinajstić information content (AvgIpc) is 2.46. The Morgan fingerprint density at radius 1 is 1.10 bits per heavy atom. The highest BCUT2D eigenvalue weighted by Gasteiger charge is 2.26.